The molecule has 0 saturated carbocycles. The van der Waals surface area contributed by atoms with Gasteiger partial charge in [-0.2, -0.15) is 0 Å². The van der Waals surface area contributed by atoms with Gasteiger partial charge in [0.2, 0.25) is 5.91 Å². The molecule has 1 aromatic carbocycles. The minimum atomic E-state index is -1.02. The molecule has 2 rings (SSSR count). The van der Waals surface area contributed by atoms with Crippen LogP contribution < -0.4 is 5.32 Å². The number of halogens is 2. The van der Waals surface area contributed by atoms with Gasteiger partial charge in [-0.1, -0.05) is 0 Å². The lowest BCUT2D eigenvalue weighted by atomic mass is 9.97. The second kappa shape index (κ2) is 7.20. The van der Waals surface area contributed by atoms with Gasteiger partial charge in [0.15, 0.2) is 11.6 Å². The van der Waals surface area contributed by atoms with Crippen LogP contribution in [0, 0.1) is 17.6 Å². The molecule has 0 radical (unpaired) electrons. The molecule has 1 atom stereocenters. The van der Waals surface area contributed by atoms with Crippen LogP contribution in [0.4, 0.5) is 19.3 Å². The van der Waals surface area contributed by atoms with Gasteiger partial charge in [-0.15, -0.1) is 0 Å². The number of likely N-dealkylation sites (tertiary alicyclic amines) is 1. The maximum absolute atomic E-state index is 13.1. The summed E-state index contributed by atoms with van der Waals surface area (Å²) in [6.07, 6.45) is 0.882. The first kappa shape index (κ1) is 16.2. The topological polar surface area (TPSA) is 58.6 Å². The number of nitrogens with one attached hydrogen (secondary N) is 1. The van der Waals surface area contributed by atoms with Crippen LogP contribution in [0.3, 0.4) is 0 Å². The summed E-state index contributed by atoms with van der Waals surface area (Å²) in [4.78, 5) is 25.4. The monoisotopic (exact) mass is 312 g/mol. The number of benzene rings is 1. The first-order chi connectivity index (χ1) is 10.5. The van der Waals surface area contributed by atoms with Crippen molar-refractivity contribution in [2.45, 2.75) is 19.8 Å². The number of carbonyl (C=O) groups excluding carboxylic acids is 2. The van der Waals surface area contributed by atoms with E-state index in [9.17, 15) is 18.4 Å². The van der Waals surface area contributed by atoms with E-state index in [1.54, 1.807) is 6.92 Å². The number of carbonyl (C=O) groups is 2. The van der Waals surface area contributed by atoms with Crippen molar-refractivity contribution < 1.29 is 23.1 Å². The Hall–Kier alpha value is -2.18. The second-order valence-electron chi connectivity index (χ2n) is 5.10. The molecule has 1 saturated heterocycles. The van der Waals surface area contributed by atoms with Crippen LogP contribution in [-0.2, 0) is 9.53 Å². The summed E-state index contributed by atoms with van der Waals surface area (Å²) in [7, 11) is 0. The molecular formula is C15H18F2N2O3. The molecule has 0 aliphatic carbocycles. The van der Waals surface area contributed by atoms with Crippen LogP contribution in [0.15, 0.2) is 18.2 Å². The number of nitrogens with zero attached hydrogens (tertiary/aromatic N) is 1. The Bertz CT molecular complexity index is 566. The summed E-state index contributed by atoms with van der Waals surface area (Å²) >= 11 is 0. The van der Waals surface area contributed by atoms with Gasteiger partial charge in [-0.25, -0.2) is 13.6 Å². The summed E-state index contributed by atoms with van der Waals surface area (Å²) in [6, 6.07) is 3.18. The Morgan fingerprint density at radius 3 is 2.82 bits per heavy atom. The van der Waals surface area contributed by atoms with Gasteiger partial charge >= 0.3 is 6.09 Å². The highest BCUT2D eigenvalue weighted by molar-refractivity contribution is 5.93. The Kier molecular flexibility index (Phi) is 5.30. The third kappa shape index (κ3) is 3.93. The molecule has 1 N–H and O–H groups in total. The molecule has 5 nitrogen and oxygen atoms in total. The summed E-state index contributed by atoms with van der Waals surface area (Å²) in [5, 5.41) is 2.55. The summed E-state index contributed by atoms with van der Waals surface area (Å²) in [6.45, 7) is 2.80. The SMILES string of the molecule is CCOC(=O)N1CCCC(C(=O)Nc2ccc(F)c(F)c2)C1. The first-order valence-corrected chi connectivity index (χ1v) is 7.19. The molecule has 7 heteroatoms. The number of ether oxygens (including phenoxy) is 1. The number of amides is 2. The van der Waals surface area contributed by atoms with Crippen molar-refractivity contribution in [1.82, 2.24) is 4.90 Å². The van der Waals surface area contributed by atoms with Gasteiger partial charge in [0.05, 0.1) is 12.5 Å². The van der Waals surface area contributed by atoms with Crippen LogP contribution in [0.25, 0.3) is 0 Å². The molecular weight excluding hydrogens is 294 g/mol. The van der Waals surface area contributed by atoms with E-state index in [1.807, 2.05) is 0 Å². The quantitative estimate of drug-likeness (QED) is 0.933. The fraction of sp³-hybridized carbons (Fsp3) is 0.467. The number of piperidine rings is 1. The van der Waals surface area contributed by atoms with Crippen LogP contribution in [-0.4, -0.2) is 36.6 Å². The number of rotatable bonds is 3. The highest BCUT2D eigenvalue weighted by atomic mass is 19.2. The normalized spacial score (nSPS) is 18.0. The van der Waals surface area contributed by atoms with Crippen molar-refractivity contribution in [3.63, 3.8) is 0 Å². The van der Waals surface area contributed by atoms with Gasteiger partial charge in [-0.3, -0.25) is 4.79 Å². The zero-order valence-corrected chi connectivity index (χ0v) is 12.3. The zero-order chi connectivity index (χ0) is 16.1. The first-order valence-electron chi connectivity index (χ1n) is 7.19. The predicted molar refractivity (Wildman–Crippen MR) is 76.3 cm³/mol. The third-order valence-electron chi connectivity index (χ3n) is 3.51. The molecule has 1 unspecified atom stereocenters. The molecule has 1 aliphatic rings. The number of anilines is 1. The molecule has 0 bridgehead atoms. The van der Waals surface area contributed by atoms with Gasteiger partial charge in [0, 0.05) is 24.8 Å². The molecule has 120 valence electrons. The van der Waals surface area contributed by atoms with Crippen molar-refractivity contribution in [2.75, 3.05) is 25.0 Å². The average Bonchev–Trinajstić information content (AvgIpc) is 2.51. The van der Waals surface area contributed by atoms with E-state index < -0.39 is 23.6 Å². The second-order valence-corrected chi connectivity index (χ2v) is 5.10. The van der Waals surface area contributed by atoms with Crippen molar-refractivity contribution in [1.29, 1.82) is 0 Å². The van der Waals surface area contributed by atoms with E-state index in [4.69, 9.17) is 4.74 Å². The lowest BCUT2D eigenvalue weighted by Crippen LogP contribution is -2.44. The number of hydrogen-bond acceptors (Lipinski definition) is 3. The van der Waals surface area contributed by atoms with Crippen molar-refractivity contribution in [3.8, 4) is 0 Å². The van der Waals surface area contributed by atoms with Gasteiger partial charge in [-0.05, 0) is 31.9 Å². The van der Waals surface area contributed by atoms with E-state index in [0.717, 1.165) is 12.1 Å². The van der Waals surface area contributed by atoms with Gasteiger partial charge in [0.25, 0.3) is 0 Å². The smallest absolute Gasteiger partial charge is 0.409 e. The van der Waals surface area contributed by atoms with Crippen LogP contribution >= 0.6 is 0 Å². The third-order valence-corrected chi connectivity index (χ3v) is 3.51. The van der Waals surface area contributed by atoms with Crippen molar-refractivity contribution in [2.24, 2.45) is 5.92 Å². The van der Waals surface area contributed by atoms with Crippen LogP contribution in [0.2, 0.25) is 0 Å². The van der Waals surface area contributed by atoms with E-state index in [2.05, 4.69) is 5.32 Å². The van der Waals surface area contributed by atoms with Gasteiger partial charge < -0.3 is 15.0 Å². The molecule has 0 aromatic heterocycles. The van der Waals surface area contributed by atoms with Crippen LogP contribution in [0.1, 0.15) is 19.8 Å². The van der Waals surface area contributed by atoms with E-state index in [0.29, 0.717) is 19.4 Å². The van der Waals surface area contributed by atoms with Crippen molar-refractivity contribution >= 4 is 17.7 Å². The van der Waals surface area contributed by atoms with E-state index in [1.165, 1.54) is 11.0 Å². The Balaban J connectivity index is 1.96. The Morgan fingerprint density at radius 1 is 1.36 bits per heavy atom. The van der Waals surface area contributed by atoms with E-state index >= 15 is 0 Å². The number of hydrogen-bond donors (Lipinski definition) is 1. The summed E-state index contributed by atoms with van der Waals surface area (Å²) in [5.41, 5.74) is 0.192. The largest absolute Gasteiger partial charge is 0.450 e. The predicted octanol–water partition coefficient (Wildman–Crippen LogP) is 2.77. The molecule has 22 heavy (non-hydrogen) atoms. The zero-order valence-electron chi connectivity index (χ0n) is 12.3. The minimum Gasteiger partial charge on any atom is -0.450 e. The molecule has 1 aliphatic heterocycles. The maximum Gasteiger partial charge on any atom is 0.409 e. The molecule has 0 spiro atoms. The Morgan fingerprint density at radius 2 is 2.14 bits per heavy atom. The maximum atomic E-state index is 13.1. The fourth-order valence-corrected chi connectivity index (χ4v) is 2.39. The lowest BCUT2D eigenvalue weighted by molar-refractivity contribution is -0.121. The van der Waals surface area contributed by atoms with Crippen LogP contribution in [0.5, 0.6) is 0 Å². The standard InChI is InChI=1S/C15H18F2N2O3/c1-2-22-15(21)19-7-3-4-10(9-19)14(20)18-11-5-6-12(16)13(17)8-11/h5-6,8,10H,2-4,7,9H2,1H3,(H,18,20). The molecule has 2 amide bonds. The summed E-state index contributed by atoms with van der Waals surface area (Å²) < 4.78 is 30.9. The highest BCUT2D eigenvalue weighted by Gasteiger charge is 2.29. The molecule has 1 fully saturated rings. The molecule has 1 heterocycles. The molecule has 1 aromatic rings. The average molecular weight is 312 g/mol. The summed E-state index contributed by atoms with van der Waals surface area (Å²) in [5.74, 6) is -2.70. The Labute approximate surface area is 127 Å². The van der Waals surface area contributed by atoms with Crippen molar-refractivity contribution in [3.05, 3.63) is 29.8 Å². The highest BCUT2D eigenvalue weighted by Crippen LogP contribution is 2.20. The lowest BCUT2D eigenvalue weighted by Gasteiger charge is -2.31. The minimum absolute atomic E-state index is 0.192. The fourth-order valence-electron chi connectivity index (χ4n) is 2.39. The van der Waals surface area contributed by atoms with Gasteiger partial charge in [0.1, 0.15) is 0 Å². The van der Waals surface area contributed by atoms with E-state index in [-0.39, 0.29) is 24.7 Å².